The molecule has 0 atom stereocenters. The summed E-state index contributed by atoms with van der Waals surface area (Å²) >= 11 is 1.60. The zero-order valence-corrected chi connectivity index (χ0v) is 10.5. The second-order valence-corrected chi connectivity index (χ2v) is 4.67. The highest BCUT2D eigenvalue weighted by atomic mass is 32.1. The monoisotopic (exact) mass is 268 g/mol. The van der Waals surface area contributed by atoms with Crippen molar-refractivity contribution in [2.75, 3.05) is 5.73 Å². The van der Waals surface area contributed by atoms with Gasteiger partial charge in [0.25, 0.3) is 0 Å². The van der Waals surface area contributed by atoms with Gasteiger partial charge in [0, 0.05) is 0 Å². The van der Waals surface area contributed by atoms with Crippen LogP contribution >= 0.6 is 11.3 Å². The first-order valence-electron chi connectivity index (χ1n) is 5.41. The minimum absolute atomic E-state index is 0.265. The van der Waals surface area contributed by atoms with E-state index in [0.717, 1.165) is 10.6 Å². The third-order valence-corrected chi connectivity index (χ3v) is 3.46. The highest BCUT2D eigenvalue weighted by Gasteiger charge is 2.10. The van der Waals surface area contributed by atoms with Gasteiger partial charge in [-0.2, -0.15) is 15.0 Å². The molecule has 0 aliphatic heterocycles. The fourth-order valence-corrected chi connectivity index (χ4v) is 2.31. The molecule has 0 aliphatic carbocycles. The van der Waals surface area contributed by atoms with Crippen molar-refractivity contribution in [1.29, 1.82) is 5.26 Å². The second kappa shape index (κ2) is 4.51. The molecule has 2 N–H and O–H groups in total. The summed E-state index contributed by atoms with van der Waals surface area (Å²) in [6.07, 6.45) is 1.41. The molecule has 3 aromatic heterocycles. The highest BCUT2D eigenvalue weighted by Crippen LogP contribution is 2.22. The largest absolute Gasteiger partial charge is 0.382 e. The first-order valence-corrected chi connectivity index (χ1v) is 6.29. The van der Waals surface area contributed by atoms with E-state index < -0.39 is 0 Å². The van der Waals surface area contributed by atoms with Crippen LogP contribution in [0.25, 0.3) is 16.4 Å². The van der Waals surface area contributed by atoms with E-state index in [1.807, 2.05) is 29.6 Å². The highest BCUT2D eigenvalue weighted by molar-refractivity contribution is 7.13. The molecule has 3 heterocycles. The molecule has 7 heteroatoms. The molecule has 0 fully saturated rings. The van der Waals surface area contributed by atoms with E-state index in [-0.39, 0.29) is 5.82 Å². The Kier molecular flexibility index (Phi) is 2.70. The van der Waals surface area contributed by atoms with Gasteiger partial charge in [-0.1, -0.05) is 6.07 Å². The Labute approximate surface area is 112 Å². The number of hydrogen-bond acceptors (Lipinski definition) is 6. The smallest absolute Gasteiger partial charge is 0.178 e. The Balaban J connectivity index is 1.99. The Hall–Kier alpha value is -2.72. The van der Waals surface area contributed by atoms with Gasteiger partial charge in [-0.3, -0.25) is 0 Å². The van der Waals surface area contributed by atoms with Crippen LogP contribution in [0.1, 0.15) is 5.56 Å². The summed E-state index contributed by atoms with van der Waals surface area (Å²) in [5.74, 6) is 0.750. The van der Waals surface area contributed by atoms with E-state index >= 15 is 0 Å². The zero-order valence-electron chi connectivity index (χ0n) is 9.69. The van der Waals surface area contributed by atoms with Crippen molar-refractivity contribution in [3.8, 4) is 22.5 Å². The van der Waals surface area contributed by atoms with Gasteiger partial charge in [0.15, 0.2) is 5.82 Å². The molecule has 92 valence electrons. The van der Waals surface area contributed by atoms with Crippen LogP contribution in [0.2, 0.25) is 0 Å². The minimum Gasteiger partial charge on any atom is -0.382 e. The average molecular weight is 268 g/mol. The minimum atomic E-state index is 0.265. The molecule has 0 unspecified atom stereocenters. The van der Waals surface area contributed by atoms with Crippen molar-refractivity contribution >= 4 is 17.2 Å². The van der Waals surface area contributed by atoms with Crippen LogP contribution < -0.4 is 5.73 Å². The van der Waals surface area contributed by atoms with Crippen LogP contribution in [0.5, 0.6) is 0 Å². The van der Waals surface area contributed by atoms with E-state index in [4.69, 9.17) is 11.0 Å². The first-order chi connectivity index (χ1) is 9.29. The molecule has 6 nitrogen and oxygen atoms in total. The van der Waals surface area contributed by atoms with Crippen LogP contribution in [-0.2, 0) is 0 Å². The maximum atomic E-state index is 8.83. The molecule has 0 radical (unpaired) electrons. The number of nitriles is 1. The summed E-state index contributed by atoms with van der Waals surface area (Å²) in [6.45, 7) is 0. The van der Waals surface area contributed by atoms with E-state index in [1.165, 1.54) is 10.9 Å². The summed E-state index contributed by atoms with van der Waals surface area (Å²) in [7, 11) is 0. The number of nitrogens with two attached hydrogens (primary N) is 1. The maximum Gasteiger partial charge on any atom is 0.178 e. The van der Waals surface area contributed by atoms with Crippen LogP contribution in [0, 0.1) is 11.3 Å². The van der Waals surface area contributed by atoms with Crippen molar-refractivity contribution in [1.82, 2.24) is 20.0 Å². The number of anilines is 1. The molecule has 0 amide bonds. The van der Waals surface area contributed by atoms with Crippen molar-refractivity contribution in [2.45, 2.75) is 0 Å². The Morgan fingerprint density at radius 1 is 1.26 bits per heavy atom. The molecule has 0 bridgehead atoms. The fraction of sp³-hybridized carbons (Fsp3) is 0. The SMILES string of the molecule is N#Cc1cnn(-c2ccc(-c3cccs3)nn2)c1N. The van der Waals surface area contributed by atoms with E-state index in [2.05, 4.69) is 15.3 Å². The van der Waals surface area contributed by atoms with Crippen LogP contribution in [0.15, 0.2) is 35.8 Å². The second-order valence-electron chi connectivity index (χ2n) is 3.72. The Morgan fingerprint density at radius 2 is 2.16 bits per heavy atom. The molecule has 3 rings (SSSR count). The molecular weight excluding hydrogens is 260 g/mol. The molecule has 0 aliphatic rings. The van der Waals surface area contributed by atoms with Gasteiger partial charge in [0.05, 0.1) is 11.1 Å². The standard InChI is InChI=1S/C12H8N6S/c13-6-8-7-15-18(12(8)14)11-4-3-9(16-17-11)10-2-1-5-19-10/h1-5,7H,14H2. The topological polar surface area (TPSA) is 93.4 Å². The van der Waals surface area contributed by atoms with Crippen molar-refractivity contribution in [3.63, 3.8) is 0 Å². The lowest BCUT2D eigenvalue weighted by Gasteiger charge is -2.02. The molecule has 0 spiro atoms. The van der Waals surface area contributed by atoms with Crippen molar-refractivity contribution in [2.24, 2.45) is 0 Å². The fourth-order valence-electron chi connectivity index (χ4n) is 1.62. The summed E-state index contributed by atoms with van der Waals surface area (Å²) < 4.78 is 1.39. The Morgan fingerprint density at radius 3 is 2.74 bits per heavy atom. The van der Waals surface area contributed by atoms with Gasteiger partial charge in [-0.05, 0) is 23.6 Å². The maximum absolute atomic E-state index is 8.83. The zero-order chi connectivity index (χ0) is 13.2. The number of nitrogen functional groups attached to an aromatic ring is 1. The molecule has 0 aromatic carbocycles. The lowest BCUT2D eigenvalue weighted by atomic mass is 10.3. The lowest BCUT2D eigenvalue weighted by molar-refractivity contribution is 0.825. The molecule has 0 saturated heterocycles. The van der Waals surface area contributed by atoms with Crippen molar-refractivity contribution in [3.05, 3.63) is 41.4 Å². The molecule has 3 aromatic rings. The van der Waals surface area contributed by atoms with Crippen molar-refractivity contribution < 1.29 is 0 Å². The lowest BCUT2D eigenvalue weighted by Crippen LogP contribution is -2.05. The van der Waals surface area contributed by atoms with Gasteiger partial charge < -0.3 is 5.73 Å². The number of rotatable bonds is 2. The predicted octanol–water partition coefficient (Wildman–Crippen LogP) is 1.84. The summed E-state index contributed by atoms with van der Waals surface area (Å²) in [4.78, 5) is 1.05. The normalized spacial score (nSPS) is 10.3. The summed E-state index contributed by atoms with van der Waals surface area (Å²) in [6, 6.07) is 9.52. The molecule has 19 heavy (non-hydrogen) atoms. The summed E-state index contributed by atoms with van der Waals surface area (Å²) in [5, 5.41) is 23.0. The van der Waals surface area contributed by atoms with E-state index in [9.17, 15) is 0 Å². The van der Waals surface area contributed by atoms with Gasteiger partial charge in [-0.25, -0.2) is 0 Å². The number of hydrogen-bond donors (Lipinski definition) is 1. The summed E-state index contributed by atoms with van der Waals surface area (Å²) in [5.41, 5.74) is 6.91. The van der Waals surface area contributed by atoms with E-state index in [1.54, 1.807) is 17.4 Å². The third kappa shape index (κ3) is 1.94. The number of nitrogens with zero attached hydrogens (tertiary/aromatic N) is 5. The quantitative estimate of drug-likeness (QED) is 0.765. The van der Waals surface area contributed by atoms with Gasteiger partial charge in [0.1, 0.15) is 23.1 Å². The van der Waals surface area contributed by atoms with Crippen LogP contribution in [0.4, 0.5) is 5.82 Å². The Bertz CT molecular complexity index is 736. The average Bonchev–Trinajstić information content (AvgIpc) is 3.08. The van der Waals surface area contributed by atoms with Gasteiger partial charge in [-0.15, -0.1) is 21.5 Å². The third-order valence-electron chi connectivity index (χ3n) is 2.57. The van der Waals surface area contributed by atoms with Crippen LogP contribution in [0.3, 0.4) is 0 Å². The van der Waals surface area contributed by atoms with Gasteiger partial charge >= 0.3 is 0 Å². The van der Waals surface area contributed by atoms with E-state index in [0.29, 0.717) is 11.4 Å². The predicted molar refractivity (Wildman–Crippen MR) is 71.6 cm³/mol. The molecular formula is C12H8N6S. The van der Waals surface area contributed by atoms with Crippen LogP contribution in [-0.4, -0.2) is 20.0 Å². The number of aromatic nitrogens is 4. The molecule has 0 saturated carbocycles. The first kappa shape index (κ1) is 11.4. The number of thiophene rings is 1. The van der Waals surface area contributed by atoms with Gasteiger partial charge in [0.2, 0.25) is 0 Å².